The minimum atomic E-state index is -1.48. The van der Waals surface area contributed by atoms with Crippen LogP contribution in [0, 0.1) is 18.6 Å². The Hall–Kier alpha value is -5.43. The van der Waals surface area contributed by atoms with Crippen LogP contribution in [0.5, 0.6) is 5.75 Å². The van der Waals surface area contributed by atoms with Crippen LogP contribution < -0.4 is 19.9 Å². The van der Waals surface area contributed by atoms with Crippen molar-refractivity contribution in [2.24, 2.45) is 0 Å². The van der Waals surface area contributed by atoms with Crippen LogP contribution in [0.2, 0.25) is 0 Å². The molecular formula is C34H29F2N5O5S. The van der Waals surface area contributed by atoms with Gasteiger partial charge in [-0.3, -0.25) is 18.5 Å². The highest BCUT2D eigenvalue weighted by Gasteiger charge is 2.25. The molecule has 3 aromatic heterocycles. The number of furan rings is 1. The summed E-state index contributed by atoms with van der Waals surface area (Å²) in [6, 6.07) is 16.4. The highest BCUT2D eigenvalue weighted by atomic mass is 32.2. The number of benzene rings is 3. The van der Waals surface area contributed by atoms with Crippen LogP contribution in [0.3, 0.4) is 0 Å². The molecule has 0 saturated heterocycles. The molecule has 13 heteroatoms. The molecule has 6 rings (SSSR count). The fourth-order valence-corrected chi connectivity index (χ4v) is 5.88. The standard InChI is InChI=1S/C34H29F2N5O5S/c1-18-38-26-13-12-25(39-31(26)34(43)41(18)17-20-8-11-22(36)14-28(20)45-4)23-15-24-29(16-27(23)40(3)47(5)44)46-32(30(24)33(42)37-2)19-6-9-21(35)10-7-19/h6-16H,17H2,1-5H3,(H,37,42). The van der Waals surface area contributed by atoms with Gasteiger partial charge in [0, 0.05) is 54.6 Å². The molecule has 0 spiro atoms. The molecular weight excluding hydrogens is 628 g/mol. The number of aryl methyl sites for hydroxylation is 1. The van der Waals surface area contributed by atoms with E-state index in [9.17, 15) is 22.6 Å². The number of fused-ring (bicyclic) bond motifs is 2. The van der Waals surface area contributed by atoms with Crippen LogP contribution in [0.25, 0.3) is 44.6 Å². The Balaban J connectivity index is 1.58. The molecule has 3 heterocycles. The first kappa shape index (κ1) is 31.5. The number of halogens is 2. The molecule has 47 heavy (non-hydrogen) atoms. The highest BCUT2D eigenvalue weighted by Crippen LogP contribution is 2.41. The van der Waals surface area contributed by atoms with E-state index in [4.69, 9.17) is 14.1 Å². The molecule has 0 aliphatic heterocycles. The topological polar surface area (TPSA) is 120 Å². The van der Waals surface area contributed by atoms with Gasteiger partial charge in [-0.2, -0.15) is 0 Å². The van der Waals surface area contributed by atoms with Gasteiger partial charge in [0.25, 0.3) is 11.5 Å². The first-order valence-electron chi connectivity index (χ1n) is 14.4. The lowest BCUT2D eigenvalue weighted by Gasteiger charge is -2.20. The summed E-state index contributed by atoms with van der Waals surface area (Å²) in [5.74, 6) is -0.393. The second kappa shape index (κ2) is 12.4. The normalized spacial score (nSPS) is 12.0. The van der Waals surface area contributed by atoms with Crippen molar-refractivity contribution < 1.29 is 26.9 Å². The zero-order chi connectivity index (χ0) is 33.6. The maximum Gasteiger partial charge on any atom is 0.280 e. The Morgan fingerprint density at radius 2 is 1.77 bits per heavy atom. The number of nitrogens with one attached hydrogen (secondary N) is 1. The van der Waals surface area contributed by atoms with Crippen molar-refractivity contribution in [2.45, 2.75) is 13.5 Å². The van der Waals surface area contributed by atoms with Crippen molar-refractivity contribution >= 4 is 44.6 Å². The van der Waals surface area contributed by atoms with Crippen LogP contribution in [0.4, 0.5) is 14.5 Å². The summed E-state index contributed by atoms with van der Waals surface area (Å²) in [5, 5.41) is 3.07. The maximum atomic E-state index is 13.9. The largest absolute Gasteiger partial charge is 0.496 e. The third kappa shape index (κ3) is 5.74. The second-order valence-electron chi connectivity index (χ2n) is 10.7. The minimum Gasteiger partial charge on any atom is -0.496 e. The smallest absolute Gasteiger partial charge is 0.280 e. The van der Waals surface area contributed by atoms with E-state index in [0.29, 0.717) is 56.1 Å². The number of carbonyl (C=O) groups excluding carboxylic acids is 1. The van der Waals surface area contributed by atoms with Gasteiger partial charge in [0.1, 0.15) is 45.5 Å². The predicted octanol–water partition coefficient (Wildman–Crippen LogP) is 5.60. The zero-order valence-corrected chi connectivity index (χ0v) is 26.9. The number of anilines is 1. The molecule has 1 atom stereocenters. The third-order valence-corrected chi connectivity index (χ3v) is 8.91. The lowest BCUT2D eigenvalue weighted by atomic mass is 10.0. The van der Waals surface area contributed by atoms with Crippen molar-refractivity contribution in [3.8, 4) is 28.3 Å². The molecule has 0 aliphatic rings. The van der Waals surface area contributed by atoms with E-state index in [1.165, 1.54) is 65.7 Å². The van der Waals surface area contributed by atoms with Crippen LogP contribution in [-0.2, 0) is 17.5 Å². The lowest BCUT2D eigenvalue weighted by Crippen LogP contribution is -2.25. The lowest BCUT2D eigenvalue weighted by molar-refractivity contribution is 0.0964. The summed E-state index contributed by atoms with van der Waals surface area (Å²) >= 11 is 0. The number of aromatic nitrogens is 3. The van der Waals surface area contributed by atoms with E-state index in [1.807, 2.05) is 0 Å². The summed E-state index contributed by atoms with van der Waals surface area (Å²) in [6.45, 7) is 1.76. The average Bonchev–Trinajstić information content (AvgIpc) is 3.44. The fraction of sp³-hybridized carbons (Fsp3) is 0.176. The average molecular weight is 658 g/mol. The van der Waals surface area contributed by atoms with E-state index in [1.54, 1.807) is 44.3 Å². The number of nitrogens with zero attached hydrogens (tertiary/aromatic N) is 4. The molecule has 1 N–H and O–H groups in total. The van der Waals surface area contributed by atoms with Gasteiger partial charge in [0.15, 0.2) is 5.52 Å². The van der Waals surface area contributed by atoms with Crippen LogP contribution in [0.1, 0.15) is 21.7 Å². The third-order valence-electron chi connectivity index (χ3n) is 7.94. The number of methoxy groups -OCH3 is 1. The van der Waals surface area contributed by atoms with Gasteiger partial charge in [0.2, 0.25) is 0 Å². The number of ether oxygens (including phenoxy) is 1. The number of hydrogen-bond acceptors (Lipinski definition) is 7. The molecule has 1 unspecified atom stereocenters. The van der Waals surface area contributed by atoms with E-state index in [-0.39, 0.29) is 23.4 Å². The van der Waals surface area contributed by atoms with E-state index < -0.39 is 34.1 Å². The highest BCUT2D eigenvalue weighted by molar-refractivity contribution is 7.85. The van der Waals surface area contributed by atoms with Crippen molar-refractivity contribution in [2.75, 3.05) is 31.8 Å². The molecule has 1 amide bonds. The van der Waals surface area contributed by atoms with E-state index in [2.05, 4.69) is 10.3 Å². The quantitative estimate of drug-likeness (QED) is 0.226. The SMILES string of the molecule is CNC(=O)c1c(-c2ccc(F)cc2)oc2cc(N(C)S(C)=O)c(-c3ccc4nc(C)n(Cc5ccc(F)cc5OC)c(=O)c4n3)cc12. The first-order chi connectivity index (χ1) is 22.5. The first-order valence-corrected chi connectivity index (χ1v) is 15.9. The van der Waals surface area contributed by atoms with Gasteiger partial charge in [-0.25, -0.2) is 23.0 Å². The molecule has 6 aromatic rings. The van der Waals surface area contributed by atoms with Gasteiger partial charge in [-0.1, -0.05) is 6.07 Å². The van der Waals surface area contributed by atoms with Crippen molar-refractivity contribution in [3.63, 3.8) is 0 Å². The molecule has 0 fully saturated rings. The number of pyridine rings is 1. The van der Waals surface area contributed by atoms with Crippen LogP contribution in [-0.4, -0.2) is 52.1 Å². The predicted molar refractivity (Wildman–Crippen MR) is 177 cm³/mol. The van der Waals surface area contributed by atoms with Gasteiger partial charge >= 0.3 is 0 Å². The van der Waals surface area contributed by atoms with Crippen molar-refractivity contribution in [3.05, 3.63) is 106 Å². The van der Waals surface area contributed by atoms with E-state index in [0.717, 1.165) is 0 Å². The molecule has 0 aliphatic carbocycles. The molecule has 3 aromatic carbocycles. The van der Waals surface area contributed by atoms with Crippen molar-refractivity contribution in [1.82, 2.24) is 19.9 Å². The number of carbonyl (C=O) groups is 1. The van der Waals surface area contributed by atoms with Crippen LogP contribution >= 0.6 is 0 Å². The Kier molecular flexibility index (Phi) is 8.32. The van der Waals surface area contributed by atoms with E-state index >= 15 is 0 Å². The summed E-state index contributed by atoms with van der Waals surface area (Å²) in [7, 11) is 3.08. The molecule has 0 saturated carbocycles. The second-order valence-corrected chi connectivity index (χ2v) is 12.1. The monoisotopic (exact) mass is 657 g/mol. The summed E-state index contributed by atoms with van der Waals surface area (Å²) in [4.78, 5) is 36.5. The minimum absolute atomic E-state index is 0.0639. The number of rotatable bonds is 8. The van der Waals surface area contributed by atoms with Gasteiger partial charge in [-0.05, 0) is 55.5 Å². The summed E-state index contributed by atoms with van der Waals surface area (Å²) in [6.07, 6.45) is 1.51. The Bertz CT molecular complexity index is 2280. The summed E-state index contributed by atoms with van der Waals surface area (Å²) in [5.41, 5.74) is 2.91. The van der Waals surface area contributed by atoms with Gasteiger partial charge in [-0.15, -0.1) is 0 Å². The van der Waals surface area contributed by atoms with Crippen molar-refractivity contribution in [1.29, 1.82) is 0 Å². The number of hydrogen-bond donors (Lipinski definition) is 1. The Morgan fingerprint density at radius 3 is 2.45 bits per heavy atom. The molecule has 0 radical (unpaired) electrons. The fourth-order valence-electron chi connectivity index (χ4n) is 5.46. The zero-order valence-electron chi connectivity index (χ0n) is 26.1. The Morgan fingerprint density at radius 1 is 1.04 bits per heavy atom. The van der Waals surface area contributed by atoms with Gasteiger partial charge < -0.3 is 14.5 Å². The maximum absolute atomic E-state index is 13.9. The van der Waals surface area contributed by atoms with Crippen LogP contribution in [0.15, 0.2) is 75.9 Å². The number of amides is 1. The Labute approximate surface area is 270 Å². The molecule has 0 bridgehead atoms. The van der Waals surface area contributed by atoms with Gasteiger partial charge in [0.05, 0.1) is 36.1 Å². The molecule has 240 valence electrons. The summed E-state index contributed by atoms with van der Waals surface area (Å²) < 4.78 is 54.8. The molecule has 10 nitrogen and oxygen atoms in total.